The summed E-state index contributed by atoms with van der Waals surface area (Å²) in [5, 5.41) is 0.727. The summed E-state index contributed by atoms with van der Waals surface area (Å²) in [7, 11) is 0. The van der Waals surface area contributed by atoms with Crippen molar-refractivity contribution in [3.05, 3.63) is 97.4 Å². The van der Waals surface area contributed by atoms with E-state index in [4.69, 9.17) is 4.98 Å². The molecule has 2 unspecified atom stereocenters. The van der Waals surface area contributed by atoms with Crippen LogP contribution in [0.3, 0.4) is 0 Å². The van der Waals surface area contributed by atoms with Crippen molar-refractivity contribution in [2.24, 2.45) is 0 Å². The lowest BCUT2D eigenvalue weighted by atomic mass is 9.63. The third-order valence-electron chi connectivity index (χ3n) is 7.05. The topological polar surface area (TPSA) is 12.9 Å². The molecule has 0 N–H and O–H groups in total. The Bertz CT molecular complexity index is 1410. The van der Waals surface area contributed by atoms with E-state index < -0.39 is 40.3 Å². The molecule has 188 valence electrons. The predicted octanol–water partition coefficient (Wildman–Crippen LogP) is 8.81. The number of aromatic nitrogens is 1. The number of benzene rings is 2. The summed E-state index contributed by atoms with van der Waals surface area (Å²) < 4.78 is 82.8. The van der Waals surface area contributed by atoms with E-state index in [1.54, 1.807) is 0 Å². The molecule has 1 nitrogen and oxygen atoms in total. The fourth-order valence-electron chi connectivity index (χ4n) is 5.11. The van der Waals surface area contributed by atoms with Gasteiger partial charge in [0.2, 0.25) is 0 Å². The lowest BCUT2D eigenvalue weighted by Gasteiger charge is -2.41. The second-order valence-electron chi connectivity index (χ2n) is 9.06. The normalized spacial score (nSPS) is 17.7. The number of rotatable bonds is 6. The third-order valence-corrected chi connectivity index (χ3v) is 9.87. The summed E-state index contributed by atoms with van der Waals surface area (Å²) in [4.78, 5) is 7.38. The van der Waals surface area contributed by atoms with Gasteiger partial charge in [0, 0.05) is 21.1 Å². The van der Waals surface area contributed by atoms with Gasteiger partial charge in [-0.1, -0.05) is 13.8 Å². The Morgan fingerprint density at radius 3 is 2.00 bits per heavy atom. The zero-order valence-corrected chi connectivity index (χ0v) is 21.2. The van der Waals surface area contributed by atoms with Gasteiger partial charge in [-0.2, -0.15) is 0 Å². The van der Waals surface area contributed by atoms with Gasteiger partial charge in [-0.3, -0.25) is 0 Å². The first-order valence-electron chi connectivity index (χ1n) is 11.5. The SMILES string of the molecule is CCC(c1cc(F)c(F)c(F)c1)c1sc(-c2cc3c(s2)C(CC)(c2cc(F)c(F)c(F)c2)C3)nc1C. The summed E-state index contributed by atoms with van der Waals surface area (Å²) in [6.07, 6.45) is 1.70. The highest BCUT2D eigenvalue weighted by Crippen LogP contribution is 2.55. The van der Waals surface area contributed by atoms with E-state index in [0.29, 0.717) is 36.1 Å². The zero-order chi connectivity index (χ0) is 25.9. The molecule has 2 aromatic carbocycles. The van der Waals surface area contributed by atoms with E-state index in [1.807, 2.05) is 26.8 Å². The van der Waals surface area contributed by atoms with E-state index >= 15 is 0 Å². The minimum absolute atomic E-state index is 0.342. The molecule has 0 radical (unpaired) electrons. The van der Waals surface area contributed by atoms with Crippen molar-refractivity contribution in [2.45, 2.75) is 51.4 Å². The number of nitrogens with zero attached hydrogens (tertiary/aromatic N) is 1. The van der Waals surface area contributed by atoms with E-state index in [2.05, 4.69) is 0 Å². The van der Waals surface area contributed by atoms with Crippen molar-refractivity contribution < 1.29 is 26.3 Å². The highest BCUT2D eigenvalue weighted by atomic mass is 32.1. The molecule has 0 aliphatic heterocycles. The van der Waals surface area contributed by atoms with Gasteiger partial charge >= 0.3 is 0 Å². The number of halogens is 6. The van der Waals surface area contributed by atoms with Crippen LogP contribution in [0.1, 0.15) is 64.7 Å². The van der Waals surface area contributed by atoms with E-state index in [0.717, 1.165) is 49.5 Å². The van der Waals surface area contributed by atoms with Crippen molar-refractivity contribution in [1.82, 2.24) is 4.98 Å². The quantitative estimate of drug-likeness (QED) is 0.177. The molecule has 2 heterocycles. The summed E-state index contributed by atoms with van der Waals surface area (Å²) in [6.45, 7) is 5.64. The Morgan fingerprint density at radius 1 is 0.861 bits per heavy atom. The van der Waals surface area contributed by atoms with Crippen LogP contribution in [0, 0.1) is 41.8 Å². The van der Waals surface area contributed by atoms with Gasteiger partial charge in [0.05, 0.1) is 10.6 Å². The van der Waals surface area contributed by atoms with Crippen LogP contribution < -0.4 is 0 Å². The summed E-state index contributed by atoms with van der Waals surface area (Å²) in [6, 6.07) is 6.20. The third kappa shape index (κ3) is 3.78. The van der Waals surface area contributed by atoms with Crippen molar-refractivity contribution >= 4 is 22.7 Å². The molecule has 2 aromatic heterocycles. The summed E-state index contributed by atoms with van der Waals surface area (Å²) >= 11 is 2.89. The van der Waals surface area contributed by atoms with Crippen LogP contribution in [0.15, 0.2) is 30.3 Å². The number of aryl methyl sites for hydroxylation is 1. The molecule has 2 atom stereocenters. The lowest BCUT2D eigenvalue weighted by molar-refractivity contribution is 0.415. The Kier molecular flexibility index (Phi) is 6.27. The second-order valence-corrected chi connectivity index (χ2v) is 11.1. The Hall–Kier alpha value is -2.65. The largest absolute Gasteiger partial charge is 0.240 e. The van der Waals surface area contributed by atoms with Crippen molar-refractivity contribution in [3.8, 4) is 9.88 Å². The zero-order valence-electron chi connectivity index (χ0n) is 19.6. The molecular formula is C27H21F6NS2. The van der Waals surface area contributed by atoms with Crippen LogP contribution in [0.5, 0.6) is 0 Å². The van der Waals surface area contributed by atoms with Gasteiger partial charge in [0.15, 0.2) is 34.9 Å². The molecule has 4 aromatic rings. The van der Waals surface area contributed by atoms with Crippen LogP contribution in [-0.2, 0) is 11.8 Å². The molecule has 0 fully saturated rings. The standard InChI is InChI=1S/C27H21F6NS2/c1-4-16(13-6-17(28)22(32)18(29)7-13)24-12(3)34-26(36-24)21-8-14-11-27(5-2,25(14)35-21)15-9-19(30)23(33)20(31)10-15/h6-10,16H,4-5,11H2,1-3H3. The van der Waals surface area contributed by atoms with Gasteiger partial charge in [-0.25, -0.2) is 31.3 Å². The Labute approximate surface area is 212 Å². The van der Waals surface area contributed by atoms with Crippen molar-refractivity contribution in [3.63, 3.8) is 0 Å². The Balaban J connectivity index is 1.52. The molecule has 1 aliphatic rings. The molecule has 0 bridgehead atoms. The van der Waals surface area contributed by atoms with E-state index in [-0.39, 0.29) is 5.92 Å². The molecular weight excluding hydrogens is 516 g/mol. The van der Waals surface area contributed by atoms with E-state index in [9.17, 15) is 26.3 Å². The number of thiophene rings is 1. The molecule has 5 rings (SSSR count). The molecule has 9 heteroatoms. The smallest absolute Gasteiger partial charge is 0.194 e. The minimum Gasteiger partial charge on any atom is -0.240 e. The second kappa shape index (κ2) is 9.03. The van der Waals surface area contributed by atoms with Gasteiger partial charge in [0.25, 0.3) is 0 Å². The van der Waals surface area contributed by atoms with Crippen molar-refractivity contribution in [1.29, 1.82) is 0 Å². The first-order valence-corrected chi connectivity index (χ1v) is 13.1. The lowest BCUT2D eigenvalue weighted by Crippen LogP contribution is -2.38. The summed E-state index contributed by atoms with van der Waals surface area (Å²) in [5.41, 5.74) is 1.91. The van der Waals surface area contributed by atoms with Gasteiger partial charge in [-0.05, 0) is 73.2 Å². The minimum atomic E-state index is -1.49. The number of hydrogen-bond acceptors (Lipinski definition) is 3. The maximum atomic E-state index is 14.0. The van der Waals surface area contributed by atoms with Gasteiger partial charge < -0.3 is 0 Å². The number of fused-ring (bicyclic) bond motifs is 1. The summed E-state index contributed by atoms with van der Waals surface area (Å²) in [5.74, 6) is -8.20. The van der Waals surface area contributed by atoms with Gasteiger partial charge in [0.1, 0.15) is 5.01 Å². The fourth-order valence-corrected chi connectivity index (χ4v) is 7.89. The Morgan fingerprint density at radius 2 is 1.44 bits per heavy atom. The average molecular weight is 538 g/mol. The molecule has 0 saturated carbocycles. The fraction of sp³-hybridized carbons (Fsp3) is 0.296. The average Bonchev–Trinajstić information content (AvgIpc) is 3.38. The molecule has 36 heavy (non-hydrogen) atoms. The van der Waals surface area contributed by atoms with Crippen LogP contribution >= 0.6 is 22.7 Å². The van der Waals surface area contributed by atoms with Crippen LogP contribution in [0.4, 0.5) is 26.3 Å². The van der Waals surface area contributed by atoms with Crippen LogP contribution in [0.25, 0.3) is 9.88 Å². The highest BCUT2D eigenvalue weighted by molar-refractivity contribution is 7.22. The van der Waals surface area contributed by atoms with Crippen LogP contribution in [-0.4, -0.2) is 4.98 Å². The monoisotopic (exact) mass is 537 g/mol. The van der Waals surface area contributed by atoms with Gasteiger partial charge in [-0.15, -0.1) is 22.7 Å². The van der Waals surface area contributed by atoms with E-state index in [1.165, 1.54) is 22.7 Å². The first kappa shape index (κ1) is 25.0. The molecule has 0 saturated heterocycles. The maximum absolute atomic E-state index is 14.0. The molecule has 1 aliphatic carbocycles. The number of thiazole rings is 1. The molecule has 0 amide bonds. The van der Waals surface area contributed by atoms with Crippen LogP contribution in [0.2, 0.25) is 0 Å². The maximum Gasteiger partial charge on any atom is 0.194 e. The van der Waals surface area contributed by atoms with Crippen molar-refractivity contribution in [2.75, 3.05) is 0 Å². The number of hydrogen-bond donors (Lipinski definition) is 0. The first-order chi connectivity index (χ1) is 17.1. The molecule has 0 spiro atoms. The predicted molar refractivity (Wildman–Crippen MR) is 130 cm³/mol. The highest BCUT2D eigenvalue weighted by Gasteiger charge is 2.46.